The number of H-pyrrole nitrogens is 1. The van der Waals surface area contributed by atoms with Crippen molar-refractivity contribution in [1.29, 1.82) is 0 Å². The monoisotopic (exact) mass is 352 g/mol. The number of carbonyl (C=O) groups is 1. The molecular formula is C18H32N4O3. The van der Waals surface area contributed by atoms with Crippen LogP contribution in [0.1, 0.15) is 60.3 Å². The van der Waals surface area contributed by atoms with Crippen LogP contribution in [0.5, 0.6) is 0 Å². The van der Waals surface area contributed by atoms with Crippen LogP contribution in [0, 0.1) is 11.8 Å². The SMILES string of the molecule is CCCCCC(=O)N(CC(C)C)c1c(N)n(CC(C)C)c(=O)[nH]c1=O. The van der Waals surface area contributed by atoms with Gasteiger partial charge in [-0.1, -0.05) is 47.5 Å². The van der Waals surface area contributed by atoms with Crippen molar-refractivity contribution in [3.8, 4) is 0 Å². The molecule has 0 radical (unpaired) electrons. The summed E-state index contributed by atoms with van der Waals surface area (Å²) in [5.74, 6) is 0.276. The third kappa shape index (κ3) is 5.76. The van der Waals surface area contributed by atoms with Gasteiger partial charge in [-0.3, -0.25) is 19.1 Å². The van der Waals surface area contributed by atoms with Crippen LogP contribution in [-0.4, -0.2) is 22.0 Å². The van der Waals surface area contributed by atoms with E-state index >= 15 is 0 Å². The zero-order valence-corrected chi connectivity index (χ0v) is 16.1. The minimum absolute atomic E-state index is 0.0620. The Hall–Kier alpha value is -2.05. The van der Waals surface area contributed by atoms with E-state index in [2.05, 4.69) is 11.9 Å². The number of unbranched alkanes of at least 4 members (excludes halogenated alkanes) is 2. The molecule has 142 valence electrons. The number of nitrogens with two attached hydrogens (primary N) is 1. The highest BCUT2D eigenvalue weighted by Gasteiger charge is 2.24. The van der Waals surface area contributed by atoms with Crippen molar-refractivity contribution in [2.24, 2.45) is 11.8 Å². The van der Waals surface area contributed by atoms with Gasteiger partial charge in [0.05, 0.1) is 0 Å². The van der Waals surface area contributed by atoms with Crippen molar-refractivity contribution in [3.63, 3.8) is 0 Å². The molecule has 0 atom stereocenters. The minimum atomic E-state index is -0.605. The Bertz CT molecular complexity index is 689. The first-order valence-corrected chi connectivity index (χ1v) is 9.11. The number of aromatic amines is 1. The number of anilines is 2. The molecule has 7 heteroatoms. The Labute approximate surface area is 149 Å². The average Bonchev–Trinajstić information content (AvgIpc) is 2.49. The van der Waals surface area contributed by atoms with Crippen LogP contribution in [0.3, 0.4) is 0 Å². The second-order valence-corrected chi connectivity index (χ2v) is 7.35. The van der Waals surface area contributed by atoms with E-state index in [1.54, 1.807) is 0 Å². The van der Waals surface area contributed by atoms with Crippen LogP contribution in [0.15, 0.2) is 9.59 Å². The van der Waals surface area contributed by atoms with Gasteiger partial charge < -0.3 is 10.6 Å². The van der Waals surface area contributed by atoms with E-state index in [1.807, 2.05) is 27.7 Å². The molecule has 25 heavy (non-hydrogen) atoms. The van der Waals surface area contributed by atoms with Crippen molar-refractivity contribution >= 4 is 17.4 Å². The number of nitrogens with zero attached hydrogens (tertiary/aromatic N) is 2. The molecule has 1 aromatic rings. The molecule has 1 aromatic heterocycles. The molecule has 0 spiro atoms. The van der Waals surface area contributed by atoms with Crippen molar-refractivity contribution < 1.29 is 4.79 Å². The fraction of sp³-hybridized carbons (Fsp3) is 0.722. The summed E-state index contributed by atoms with van der Waals surface area (Å²) in [7, 11) is 0. The van der Waals surface area contributed by atoms with Crippen molar-refractivity contribution in [1.82, 2.24) is 9.55 Å². The zero-order chi connectivity index (χ0) is 19.1. The maximum absolute atomic E-state index is 12.7. The first kappa shape index (κ1) is 21.0. The molecule has 3 N–H and O–H groups in total. The molecule has 0 saturated heterocycles. The van der Waals surface area contributed by atoms with Crippen LogP contribution in [0.2, 0.25) is 0 Å². The largest absolute Gasteiger partial charge is 0.383 e. The molecule has 0 bridgehead atoms. The number of rotatable bonds is 9. The van der Waals surface area contributed by atoms with E-state index in [9.17, 15) is 14.4 Å². The van der Waals surface area contributed by atoms with Gasteiger partial charge in [-0.15, -0.1) is 0 Å². The number of hydrogen-bond acceptors (Lipinski definition) is 4. The molecule has 7 nitrogen and oxygen atoms in total. The first-order chi connectivity index (χ1) is 11.7. The van der Waals surface area contributed by atoms with E-state index < -0.39 is 11.2 Å². The smallest absolute Gasteiger partial charge is 0.330 e. The highest BCUT2D eigenvalue weighted by atomic mass is 16.2. The number of carbonyl (C=O) groups excluding carboxylic acids is 1. The van der Waals surface area contributed by atoms with E-state index in [4.69, 9.17) is 5.73 Å². The fourth-order valence-corrected chi connectivity index (χ4v) is 2.73. The fourth-order valence-electron chi connectivity index (χ4n) is 2.73. The maximum Gasteiger partial charge on any atom is 0.330 e. The van der Waals surface area contributed by atoms with Crippen LogP contribution in [0.25, 0.3) is 0 Å². The first-order valence-electron chi connectivity index (χ1n) is 9.11. The third-order valence-electron chi connectivity index (χ3n) is 3.87. The Morgan fingerprint density at radius 2 is 1.80 bits per heavy atom. The molecule has 1 heterocycles. The quantitative estimate of drug-likeness (QED) is 0.666. The van der Waals surface area contributed by atoms with E-state index in [0.29, 0.717) is 19.5 Å². The molecule has 1 amide bonds. The van der Waals surface area contributed by atoms with Gasteiger partial charge in [0.1, 0.15) is 5.82 Å². The van der Waals surface area contributed by atoms with E-state index in [0.717, 1.165) is 19.3 Å². The molecule has 0 saturated carbocycles. The molecule has 0 aromatic carbocycles. The molecular weight excluding hydrogens is 320 g/mol. The van der Waals surface area contributed by atoms with E-state index in [-0.39, 0.29) is 29.2 Å². The molecule has 0 unspecified atom stereocenters. The molecule has 0 fully saturated rings. The Kier molecular flexibility index (Phi) is 7.93. The summed E-state index contributed by atoms with van der Waals surface area (Å²) in [6.45, 7) is 10.7. The van der Waals surface area contributed by atoms with Gasteiger partial charge >= 0.3 is 5.69 Å². The normalized spacial score (nSPS) is 11.3. The van der Waals surface area contributed by atoms with E-state index in [1.165, 1.54) is 9.47 Å². The predicted molar refractivity (Wildman–Crippen MR) is 102 cm³/mol. The highest BCUT2D eigenvalue weighted by Crippen LogP contribution is 2.20. The standard InChI is InChI=1S/C18H32N4O3/c1-6-7-8-9-14(23)21(10-12(2)3)15-16(19)22(11-13(4)5)18(25)20-17(15)24/h12-13H,6-11,19H2,1-5H3,(H,20,24,25). The number of hydrogen-bond donors (Lipinski definition) is 2. The second kappa shape index (κ2) is 9.44. The summed E-state index contributed by atoms with van der Waals surface area (Å²) in [6.07, 6.45) is 3.11. The lowest BCUT2D eigenvalue weighted by Gasteiger charge is -2.26. The average molecular weight is 352 g/mol. The molecule has 0 aliphatic rings. The van der Waals surface area contributed by atoms with Gasteiger partial charge in [0.25, 0.3) is 5.56 Å². The highest BCUT2D eigenvalue weighted by molar-refractivity contribution is 5.95. The predicted octanol–water partition coefficient (Wildman–Crippen LogP) is 2.34. The summed E-state index contributed by atoms with van der Waals surface area (Å²) < 4.78 is 1.34. The zero-order valence-electron chi connectivity index (χ0n) is 16.1. The van der Waals surface area contributed by atoms with Crippen molar-refractivity contribution in [3.05, 3.63) is 20.8 Å². The summed E-state index contributed by atoms with van der Waals surface area (Å²) >= 11 is 0. The molecule has 0 aliphatic carbocycles. The van der Waals surface area contributed by atoms with Crippen molar-refractivity contribution in [2.45, 2.75) is 66.8 Å². The number of aromatic nitrogens is 2. The molecule has 0 aliphatic heterocycles. The summed E-state index contributed by atoms with van der Waals surface area (Å²) in [5, 5.41) is 0. The minimum Gasteiger partial charge on any atom is -0.383 e. The third-order valence-corrected chi connectivity index (χ3v) is 3.87. The summed E-state index contributed by atoms with van der Waals surface area (Å²) in [6, 6.07) is 0. The Morgan fingerprint density at radius 1 is 1.16 bits per heavy atom. The van der Waals surface area contributed by atoms with Gasteiger partial charge in [0.2, 0.25) is 5.91 Å². The maximum atomic E-state index is 12.7. The lowest BCUT2D eigenvalue weighted by Crippen LogP contribution is -2.43. The Morgan fingerprint density at radius 3 is 2.32 bits per heavy atom. The van der Waals surface area contributed by atoms with Gasteiger partial charge in [-0.05, 0) is 18.3 Å². The summed E-state index contributed by atoms with van der Waals surface area (Å²) in [4.78, 5) is 41.0. The lowest BCUT2D eigenvalue weighted by molar-refractivity contribution is -0.118. The topological polar surface area (TPSA) is 101 Å². The van der Waals surface area contributed by atoms with Gasteiger partial charge in [-0.25, -0.2) is 4.79 Å². The number of nitrogen functional groups attached to an aromatic ring is 1. The van der Waals surface area contributed by atoms with Gasteiger partial charge in [0.15, 0.2) is 5.69 Å². The van der Waals surface area contributed by atoms with Crippen LogP contribution < -0.4 is 21.9 Å². The van der Waals surface area contributed by atoms with Gasteiger partial charge in [-0.2, -0.15) is 0 Å². The number of nitrogens with one attached hydrogen (secondary N) is 1. The molecule has 1 rings (SSSR count). The number of amides is 1. The van der Waals surface area contributed by atoms with Crippen molar-refractivity contribution in [2.75, 3.05) is 17.2 Å². The van der Waals surface area contributed by atoms with Crippen LogP contribution in [0.4, 0.5) is 11.5 Å². The summed E-state index contributed by atoms with van der Waals surface area (Å²) in [5.41, 5.74) is 5.10. The Balaban J connectivity index is 3.35. The lowest BCUT2D eigenvalue weighted by atomic mass is 10.1. The second-order valence-electron chi connectivity index (χ2n) is 7.35. The van der Waals surface area contributed by atoms with Crippen LogP contribution in [-0.2, 0) is 11.3 Å². The van der Waals surface area contributed by atoms with Gasteiger partial charge in [0, 0.05) is 19.5 Å². The van der Waals surface area contributed by atoms with Crippen LogP contribution >= 0.6 is 0 Å².